The first-order valence-corrected chi connectivity index (χ1v) is 14.0. The third-order valence-electron chi connectivity index (χ3n) is 7.91. The zero-order chi connectivity index (χ0) is 27.9. The fourth-order valence-corrected chi connectivity index (χ4v) is 5.74. The van der Waals surface area contributed by atoms with E-state index in [0.29, 0.717) is 0 Å². The lowest BCUT2D eigenvalue weighted by atomic mass is 9.93. The lowest BCUT2D eigenvalue weighted by molar-refractivity contribution is 0.616. The maximum Gasteiger partial charge on any atom is 0.149 e. The summed E-state index contributed by atoms with van der Waals surface area (Å²) in [5.74, 6) is 0.860. The van der Waals surface area contributed by atoms with Gasteiger partial charge >= 0.3 is 0 Å². The number of hydrogen-bond acceptors (Lipinski definition) is 2. The van der Waals surface area contributed by atoms with Gasteiger partial charge in [0.25, 0.3) is 0 Å². The number of para-hydroxylation sites is 2. The summed E-state index contributed by atoms with van der Waals surface area (Å²) in [6, 6.07) is 40.7. The van der Waals surface area contributed by atoms with Crippen molar-refractivity contribution >= 4 is 27.6 Å². The highest BCUT2D eigenvalue weighted by molar-refractivity contribution is 5.99. The Morgan fingerprint density at radius 2 is 1.37 bits per heavy atom. The molecule has 198 valence electrons. The standard InChI is InChI=1S/C38H30N2O/c1-4-26(3)29-19-20-36-32(23-29)33(24-41-36)38-39-34-17-11-12-18-35(34)40(38)37-30(27-13-7-5-8-14-27)21-25(2)22-31(37)28-15-9-6-10-16-28/h4-24H,1-3H3/b26-4-. The molecule has 0 fully saturated rings. The lowest BCUT2D eigenvalue weighted by Crippen LogP contribution is -2.03. The number of nitrogens with zero attached hydrogens (tertiary/aromatic N) is 2. The van der Waals surface area contributed by atoms with Crippen LogP contribution in [0.1, 0.15) is 25.0 Å². The van der Waals surface area contributed by atoms with E-state index in [0.717, 1.165) is 61.3 Å². The molecular weight excluding hydrogens is 500 g/mol. The molecule has 0 atom stereocenters. The summed E-state index contributed by atoms with van der Waals surface area (Å²) < 4.78 is 8.47. The lowest BCUT2D eigenvalue weighted by Gasteiger charge is -2.20. The number of fused-ring (bicyclic) bond motifs is 2. The van der Waals surface area contributed by atoms with Crippen LogP contribution in [0.15, 0.2) is 132 Å². The van der Waals surface area contributed by atoms with Crippen LogP contribution >= 0.6 is 0 Å². The van der Waals surface area contributed by atoms with Gasteiger partial charge in [0.2, 0.25) is 0 Å². The van der Waals surface area contributed by atoms with Gasteiger partial charge in [0, 0.05) is 16.5 Å². The molecule has 0 aliphatic heterocycles. The highest BCUT2D eigenvalue weighted by atomic mass is 16.3. The molecule has 0 aliphatic rings. The third kappa shape index (κ3) is 4.27. The molecule has 0 saturated carbocycles. The molecule has 3 heteroatoms. The maximum absolute atomic E-state index is 6.13. The quantitative estimate of drug-likeness (QED) is 0.222. The van der Waals surface area contributed by atoms with Crippen molar-refractivity contribution < 1.29 is 4.42 Å². The predicted molar refractivity (Wildman–Crippen MR) is 171 cm³/mol. The van der Waals surface area contributed by atoms with Crippen LogP contribution in [0.2, 0.25) is 0 Å². The SMILES string of the molecule is C/C=C(/C)c1ccc2occ(-c3nc4ccccc4n3-c3c(-c4ccccc4)cc(C)cc3-c3ccccc3)c2c1. The molecule has 0 radical (unpaired) electrons. The summed E-state index contributed by atoms with van der Waals surface area (Å²) in [6.07, 6.45) is 4.00. The van der Waals surface area contributed by atoms with E-state index in [-0.39, 0.29) is 0 Å². The summed E-state index contributed by atoms with van der Waals surface area (Å²) in [4.78, 5) is 5.26. The number of allylic oxidation sites excluding steroid dienone is 2. The minimum Gasteiger partial charge on any atom is -0.464 e. The van der Waals surface area contributed by atoms with Gasteiger partial charge in [-0.05, 0) is 85.0 Å². The van der Waals surface area contributed by atoms with Gasteiger partial charge in [-0.1, -0.05) is 84.9 Å². The molecule has 2 aromatic heterocycles. The second-order valence-electron chi connectivity index (χ2n) is 10.5. The summed E-state index contributed by atoms with van der Waals surface area (Å²) in [6.45, 7) is 6.38. The van der Waals surface area contributed by atoms with Crippen molar-refractivity contribution in [2.75, 3.05) is 0 Å². The van der Waals surface area contributed by atoms with E-state index in [4.69, 9.17) is 9.40 Å². The average molecular weight is 531 g/mol. The molecule has 7 rings (SSSR count). The molecule has 0 amide bonds. The smallest absolute Gasteiger partial charge is 0.149 e. The maximum atomic E-state index is 6.13. The second-order valence-corrected chi connectivity index (χ2v) is 10.5. The highest BCUT2D eigenvalue weighted by Crippen LogP contribution is 2.42. The Hall–Kier alpha value is -5.15. The summed E-state index contributed by atoms with van der Waals surface area (Å²) in [5.41, 5.74) is 13.2. The van der Waals surface area contributed by atoms with Crippen LogP contribution < -0.4 is 0 Å². The van der Waals surface area contributed by atoms with Crippen molar-refractivity contribution in [3.8, 4) is 39.3 Å². The minimum atomic E-state index is 0.849. The monoisotopic (exact) mass is 530 g/mol. The van der Waals surface area contributed by atoms with E-state index in [9.17, 15) is 0 Å². The molecule has 0 saturated heterocycles. The Morgan fingerprint density at radius 1 is 0.732 bits per heavy atom. The number of benzene rings is 5. The Morgan fingerprint density at radius 3 is 2.02 bits per heavy atom. The van der Waals surface area contributed by atoms with Crippen molar-refractivity contribution in [2.24, 2.45) is 0 Å². The van der Waals surface area contributed by atoms with E-state index in [1.54, 1.807) is 0 Å². The molecule has 5 aromatic carbocycles. The van der Waals surface area contributed by atoms with Crippen molar-refractivity contribution in [1.29, 1.82) is 0 Å². The van der Waals surface area contributed by atoms with Gasteiger partial charge in [-0.3, -0.25) is 4.57 Å². The fraction of sp³-hybridized carbons (Fsp3) is 0.0789. The van der Waals surface area contributed by atoms with Crippen LogP contribution in [0.25, 0.3) is 66.9 Å². The van der Waals surface area contributed by atoms with Gasteiger partial charge in [-0.15, -0.1) is 0 Å². The zero-order valence-electron chi connectivity index (χ0n) is 23.4. The van der Waals surface area contributed by atoms with Crippen molar-refractivity contribution in [1.82, 2.24) is 9.55 Å². The van der Waals surface area contributed by atoms with Crippen molar-refractivity contribution in [3.05, 3.63) is 139 Å². The van der Waals surface area contributed by atoms with Crippen LogP contribution in [0.4, 0.5) is 0 Å². The molecule has 7 aromatic rings. The molecule has 41 heavy (non-hydrogen) atoms. The number of hydrogen-bond donors (Lipinski definition) is 0. The Bertz CT molecular complexity index is 2000. The highest BCUT2D eigenvalue weighted by Gasteiger charge is 2.24. The van der Waals surface area contributed by atoms with Crippen LogP contribution in [0.3, 0.4) is 0 Å². The fourth-order valence-electron chi connectivity index (χ4n) is 5.74. The first-order chi connectivity index (χ1) is 20.1. The van der Waals surface area contributed by atoms with E-state index in [1.165, 1.54) is 16.7 Å². The van der Waals surface area contributed by atoms with Gasteiger partial charge in [0.1, 0.15) is 17.7 Å². The van der Waals surface area contributed by atoms with E-state index in [2.05, 4.69) is 147 Å². The van der Waals surface area contributed by atoms with Crippen LogP contribution in [0.5, 0.6) is 0 Å². The van der Waals surface area contributed by atoms with Gasteiger partial charge in [-0.25, -0.2) is 4.98 Å². The van der Waals surface area contributed by atoms with Gasteiger partial charge in [0.05, 0.1) is 22.3 Å². The number of rotatable bonds is 5. The Kier molecular flexibility index (Phi) is 6.13. The largest absolute Gasteiger partial charge is 0.464 e. The summed E-state index contributed by atoms with van der Waals surface area (Å²) in [7, 11) is 0. The third-order valence-corrected chi connectivity index (χ3v) is 7.91. The molecule has 0 aliphatic carbocycles. The molecule has 0 spiro atoms. The van der Waals surface area contributed by atoms with Crippen molar-refractivity contribution in [2.45, 2.75) is 20.8 Å². The first-order valence-electron chi connectivity index (χ1n) is 14.0. The summed E-state index contributed by atoms with van der Waals surface area (Å²) in [5, 5.41) is 1.05. The Balaban J connectivity index is 1.62. The van der Waals surface area contributed by atoms with E-state index < -0.39 is 0 Å². The molecule has 0 N–H and O–H groups in total. The molecule has 0 unspecified atom stereocenters. The first kappa shape index (κ1) is 24.9. The normalized spacial score (nSPS) is 11.9. The van der Waals surface area contributed by atoms with E-state index >= 15 is 0 Å². The number of aromatic nitrogens is 2. The van der Waals surface area contributed by atoms with Gasteiger partial charge in [-0.2, -0.15) is 0 Å². The summed E-state index contributed by atoms with van der Waals surface area (Å²) >= 11 is 0. The van der Waals surface area contributed by atoms with Crippen molar-refractivity contribution in [3.63, 3.8) is 0 Å². The second kappa shape index (κ2) is 10.1. The predicted octanol–water partition coefficient (Wildman–Crippen LogP) is 10.5. The number of furan rings is 1. The van der Waals surface area contributed by atoms with Gasteiger partial charge < -0.3 is 4.42 Å². The van der Waals surface area contributed by atoms with Gasteiger partial charge in [0.15, 0.2) is 0 Å². The molecule has 3 nitrogen and oxygen atoms in total. The van der Waals surface area contributed by atoms with Crippen LogP contribution in [-0.2, 0) is 0 Å². The average Bonchev–Trinajstić information content (AvgIpc) is 3.62. The van der Waals surface area contributed by atoms with Crippen LogP contribution in [0, 0.1) is 6.92 Å². The Labute approximate surface area is 240 Å². The topological polar surface area (TPSA) is 31.0 Å². The number of imidazole rings is 1. The molecule has 0 bridgehead atoms. The van der Waals surface area contributed by atoms with E-state index in [1.807, 2.05) is 6.26 Å². The minimum absolute atomic E-state index is 0.849. The van der Waals surface area contributed by atoms with Crippen LogP contribution in [-0.4, -0.2) is 9.55 Å². The molecular formula is C38H30N2O. The number of aryl methyl sites for hydroxylation is 1. The molecule has 2 heterocycles. The zero-order valence-corrected chi connectivity index (χ0v) is 23.4.